The summed E-state index contributed by atoms with van der Waals surface area (Å²) in [6.45, 7) is 1.66. The number of methoxy groups -OCH3 is 1. The minimum atomic E-state index is -4.62. The van der Waals surface area contributed by atoms with Crippen LogP contribution in [0.3, 0.4) is 0 Å². The number of carbonyl (C=O) groups excluding carboxylic acids is 1. The van der Waals surface area contributed by atoms with E-state index < -0.39 is 23.8 Å². The number of aromatic nitrogens is 3. The Hall–Kier alpha value is -3.99. The van der Waals surface area contributed by atoms with Gasteiger partial charge in [-0.1, -0.05) is 6.07 Å². The molecule has 11 heteroatoms. The summed E-state index contributed by atoms with van der Waals surface area (Å²) in [6.07, 6.45) is 1.52. The van der Waals surface area contributed by atoms with E-state index in [0.717, 1.165) is 30.9 Å². The fraction of sp³-hybridized carbons (Fsp3) is 0.333. The maximum Gasteiger partial charge on any atom is 0.433 e. The zero-order chi connectivity index (χ0) is 27.0. The number of ether oxygens (including phenoxy) is 1. The van der Waals surface area contributed by atoms with Gasteiger partial charge in [0.05, 0.1) is 13.2 Å². The lowest BCUT2D eigenvalue weighted by Gasteiger charge is -2.35. The Morgan fingerprint density at radius 2 is 2.00 bits per heavy atom. The van der Waals surface area contributed by atoms with Gasteiger partial charge < -0.3 is 20.2 Å². The van der Waals surface area contributed by atoms with Crippen LogP contribution in [0.15, 0.2) is 53.2 Å². The van der Waals surface area contributed by atoms with Crippen LogP contribution in [0.4, 0.5) is 13.2 Å². The molecule has 1 aliphatic rings. The molecule has 0 aliphatic heterocycles. The third kappa shape index (κ3) is 5.06. The minimum Gasteiger partial charge on any atom is -0.494 e. The Balaban J connectivity index is 1.40. The third-order valence-corrected chi connectivity index (χ3v) is 6.66. The number of benzene rings is 1. The number of amides is 1. The predicted octanol–water partition coefficient (Wildman–Crippen LogP) is 5.08. The van der Waals surface area contributed by atoms with Gasteiger partial charge >= 0.3 is 6.18 Å². The summed E-state index contributed by atoms with van der Waals surface area (Å²) in [6, 6.07) is 8.55. The van der Waals surface area contributed by atoms with Gasteiger partial charge in [0.15, 0.2) is 11.5 Å². The van der Waals surface area contributed by atoms with Crippen molar-refractivity contribution in [1.29, 1.82) is 0 Å². The van der Waals surface area contributed by atoms with E-state index >= 15 is 0 Å². The fourth-order valence-electron chi connectivity index (χ4n) is 4.75. The van der Waals surface area contributed by atoms with Crippen molar-refractivity contribution in [1.82, 2.24) is 20.3 Å². The summed E-state index contributed by atoms with van der Waals surface area (Å²) < 4.78 is 51.0. The van der Waals surface area contributed by atoms with Crippen LogP contribution >= 0.6 is 0 Å². The van der Waals surface area contributed by atoms with Crippen molar-refractivity contribution in [2.75, 3.05) is 7.11 Å². The molecule has 5 rings (SSSR count). The highest BCUT2D eigenvalue weighted by atomic mass is 19.4. The average Bonchev–Trinajstić information content (AvgIpc) is 3.32. The van der Waals surface area contributed by atoms with Crippen LogP contribution < -0.4 is 15.8 Å². The number of carbonyl (C=O) groups is 1. The zero-order valence-corrected chi connectivity index (χ0v) is 20.7. The van der Waals surface area contributed by atoms with Crippen molar-refractivity contribution in [3.63, 3.8) is 0 Å². The minimum absolute atomic E-state index is 0.000462. The molecule has 0 unspecified atom stereocenters. The molecule has 198 valence electrons. The number of hydrogen-bond donors (Lipinski definition) is 2. The van der Waals surface area contributed by atoms with Crippen molar-refractivity contribution in [2.24, 2.45) is 11.7 Å². The second-order valence-electron chi connectivity index (χ2n) is 9.50. The van der Waals surface area contributed by atoms with Crippen LogP contribution in [-0.4, -0.2) is 34.0 Å². The molecule has 3 heterocycles. The number of pyridine rings is 2. The molecular weight excluding hydrogens is 499 g/mol. The summed E-state index contributed by atoms with van der Waals surface area (Å²) >= 11 is 0. The van der Waals surface area contributed by atoms with Crippen LogP contribution in [-0.2, 0) is 12.6 Å². The Morgan fingerprint density at radius 1 is 1.21 bits per heavy atom. The number of hydrogen-bond acceptors (Lipinski definition) is 7. The lowest BCUT2D eigenvalue weighted by atomic mass is 9.77. The van der Waals surface area contributed by atoms with Gasteiger partial charge in [-0.2, -0.15) is 13.2 Å². The van der Waals surface area contributed by atoms with E-state index in [4.69, 9.17) is 14.9 Å². The van der Waals surface area contributed by atoms with Gasteiger partial charge in [-0.05, 0) is 68.0 Å². The van der Waals surface area contributed by atoms with Crippen molar-refractivity contribution >= 4 is 16.8 Å². The Labute approximate surface area is 216 Å². The largest absolute Gasteiger partial charge is 0.494 e. The van der Waals surface area contributed by atoms with Crippen molar-refractivity contribution in [3.05, 3.63) is 71.5 Å². The zero-order valence-electron chi connectivity index (χ0n) is 20.7. The van der Waals surface area contributed by atoms with Crippen LogP contribution in [0, 0.1) is 5.92 Å². The number of nitrogens with two attached hydrogens (primary N) is 1. The number of alkyl halides is 3. The highest BCUT2D eigenvalue weighted by Gasteiger charge is 2.34. The molecule has 0 radical (unpaired) electrons. The number of oxazole rings is 1. The van der Waals surface area contributed by atoms with Gasteiger partial charge in [0.25, 0.3) is 5.91 Å². The van der Waals surface area contributed by atoms with Crippen molar-refractivity contribution < 1.29 is 27.1 Å². The van der Waals surface area contributed by atoms with E-state index in [1.807, 2.05) is 18.3 Å². The maximum atomic E-state index is 13.3. The van der Waals surface area contributed by atoms with Gasteiger partial charge in [0, 0.05) is 29.4 Å². The predicted molar refractivity (Wildman–Crippen MR) is 133 cm³/mol. The van der Waals surface area contributed by atoms with Crippen LogP contribution in [0.5, 0.6) is 5.75 Å². The molecule has 1 saturated carbocycles. The Kier molecular flexibility index (Phi) is 6.78. The maximum absolute atomic E-state index is 13.3. The number of nitrogens with one attached hydrogen (secondary N) is 1. The Morgan fingerprint density at radius 3 is 2.66 bits per heavy atom. The van der Waals surface area contributed by atoms with Crippen molar-refractivity contribution in [2.45, 2.75) is 44.4 Å². The van der Waals surface area contributed by atoms with Crippen LogP contribution in [0.25, 0.3) is 22.4 Å². The highest BCUT2D eigenvalue weighted by Crippen LogP contribution is 2.38. The number of halogens is 3. The second-order valence-corrected chi connectivity index (χ2v) is 9.50. The molecule has 3 N–H and O–H groups in total. The standard InChI is InChI=1S/C27H26F3N5O3/c1-14(31)24-23(25(36)33-17-11-16(12-17)10-15-4-3-9-32-13-15)35-26(38-24)19-5-7-20(37-2)22-18(19)6-8-21(34-22)27(28,29)30/h3-9,13-14,16-17H,10-12,31H2,1-2H3,(H,33,36)/t14-,16?,17?/m0/s1. The van der Waals surface area contributed by atoms with E-state index in [9.17, 15) is 18.0 Å². The first kappa shape index (κ1) is 25.7. The molecule has 4 aromatic rings. The summed E-state index contributed by atoms with van der Waals surface area (Å²) in [7, 11) is 1.35. The molecule has 1 aliphatic carbocycles. The first-order valence-electron chi connectivity index (χ1n) is 12.2. The molecule has 8 nitrogen and oxygen atoms in total. The monoisotopic (exact) mass is 525 g/mol. The summed E-state index contributed by atoms with van der Waals surface area (Å²) in [5.74, 6) is 0.447. The number of fused-ring (bicyclic) bond motifs is 1. The molecule has 38 heavy (non-hydrogen) atoms. The topological polar surface area (TPSA) is 116 Å². The SMILES string of the molecule is COc1ccc(-c2nc(C(=O)NC3CC(Cc4cccnc4)C3)c([C@H](C)N)o2)c2ccc(C(F)(F)F)nc12. The lowest BCUT2D eigenvalue weighted by molar-refractivity contribution is -0.140. The molecule has 1 fully saturated rings. The highest BCUT2D eigenvalue weighted by molar-refractivity contribution is 5.98. The van der Waals surface area contributed by atoms with Gasteiger partial charge in [-0.15, -0.1) is 0 Å². The molecule has 0 spiro atoms. The first-order valence-corrected chi connectivity index (χ1v) is 12.2. The first-order chi connectivity index (χ1) is 18.1. The molecular formula is C27H26F3N5O3. The fourth-order valence-corrected chi connectivity index (χ4v) is 4.75. The molecule has 0 saturated heterocycles. The van der Waals surface area contributed by atoms with E-state index in [0.29, 0.717) is 16.9 Å². The van der Waals surface area contributed by atoms with Crippen LogP contribution in [0.2, 0.25) is 0 Å². The normalized spacial score (nSPS) is 18.2. The van der Waals surface area contributed by atoms with Crippen molar-refractivity contribution in [3.8, 4) is 17.2 Å². The second kappa shape index (κ2) is 10.1. The summed E-state index contributed by atoms with van der Waals surface area (Å²) in [5.41, 5.74) is 6.60. The lowest BCUT2D eigenvalue weighted by Crippen LogP contribution is -2.45. The quantitative estimate of drug-likeness (QED) is 0.346. The summed E-state index contributed by atoms with van der Waals surface area (Å²) in [4.78, 5) is 25.5. The van der Waals surface area contributed by atoms with Gasteiger partial charge in [-0.25, -0.2) is 9.97 Å². The Bertz CT molecular complexity index is 1460. The molecule has 1 amide bonds. The molecule has 1 aromatic carbocycles. The molecule has 3 aromatic heterocycles. The molecule has 0 bridgehead atoms. The number of rotatable bonds is 7. The number of nitrogens with zero attached hydrogens (tertiary/aromatic N) is 3. The third-order valence-electron chi connectivity index (χ3n) is 6.66. The van der Waals surface area contributed by atoms with E-state index in [-0.39, 0.29) is 34.7 Å². The van der Waals surface area contributed by atoms with E-state index in [1.54, 1.807) is 19.2 Å². The van der Waals surface area contributed by atoms with Gasteiger partial charge in [-0.3, -0.25) is 9.78 Å². The van der Waals surface area contributed by atoms with Crippen LogP contribution in [0.1, 0.15) is 53.3 Å². The summed E-state index contributed by atoms with van der Waals surface area (Å²) in [5, 5.41) is 3.33. The smallest absolute Gasteiger partial charge is 0.433 e. The van der Waals surface area contributed by atoms with E-state index in [2.05, 4.69) is 20.3 Å². The van der Waals surface area contributed by atoms with Gasteiger partial charge in [0.2, 0.25) is 5.89 Å². The average molecular weight is 526 g/mol. The van der Waals surface area contributed by atoms with E-state index in [1.165, 1.54) is 19.2 Å². The molecule has 1 atom stereocenters. The van der Waals surface area contributed by atoms with Gasteiger partial charge in [0.1, 0.15) is 17.0 Å².